The van der Waals surface area contributed by atoms with Crippen molar-refractivity contribution in [1.29, 1.82) is 5.26 Å². The third kappa shape index (κ3) is 2.37. The molecule has 1 aliphatic heterocycles. The van der Waals surface area contributed by atoms with Gasteiger partial charge in [0.25, 0.3) is 5.91 Å². The summed E-state index contributed by atoms with van der Waals surface area (Å²) in [7, 11) is 0. The van der Waals surface area contributed by atoms with E-state index in [2.05, 4.69) is 11.4 Å². The van der Waals surface area contributed by atoms with Crippen LogP contribution in [0.4, 0.5) is 4.79 Å². The first-order valence-corrected chi connectivity index (χ1v) is 6.64. The van der Waals surface area contributed by atoms with E-state index in [1.54, 1.807) is 31.2 Å². The smallest absolute Gasteiger partial charge is 0.323 e. The van der Waals surface area contributed by atoms with Gasteiger partial charge in [0.05, 0.1) is 18.2 Å². The Morgan fingerprint density at radius 2 is 2.05 bits per heavy atom. The number of amides is 3. The monoisotopic (exact) mass is 271 g/mol. The van der Waals surface area contributed by atoms with E-state index in [0.29, 0.717) is 17.5 Å². The zero-order valence-corrected chi connectivity index (χ0v) is 11.6. The van der Waals surface area contributed by atoms with Gasteiger partial charge in [-0.2, -0.15) is 5.26 Å². The summed E-state index contributed by atoms with van der Waals surface area (Å²) >= 11 is 0. The van der Waals surface area contributed by atoms with Crippen molar-refractivity contribution < 1.29 is 9.59 Å². The molecule has 1 fully saturated rings. The standard InChI is InChI=1S/C15H17N3O2/c1-3-8-15(2)13(19)18(14(20)17-15)10-12-7-5-4-6-11(12)9-16/h4-7H,3,8,10H2,1-2H3,(H,17,20)/t15-/m0/s1. The Balaban J connectivity index is 2.24. The van der Waals surface area contributed by atoms with Gasteiger partial charge >= 0.3 is 6.03 Å². The first-order valence-electron chi connectivity index (χ1n) is 6.64. The number of nitrogens with one attached hydrogen (secondary N) is 1. The van der Waals surface area contributed by atoms with E-state index in [1.807, 2.05) is 6.92 Å². The van der Waals surface area contributed by atoms with Crippen molar-refractivity contribution in [2.24, 2.45) is 0 Å². The maximum absolute atomic E-state index is 12.4. The van der Waals surface area contributed by atoms with Crippen molar-refractivity contribution in [2.75, 3.05) is 0 Å². The fraction of sp³-hybridized carbons (Fsp3) is 0.400. The molecule has 0 radical (unpaired) electrons. The molecule has 0 aromatic heterocycles. The number of rotatable bonds is 4. The zero-order chi connectivity index (χ0) is 14.8. The highest BCUT2D eigenvalue weighted by molar-refractivity contribution is 6.06. The maximum atomic E-state index is 12.4. The van der Waals surface area contributed by atoms with E-state index in [4.69, 9.17) is 5.26 Å². The predicted molar refractivity (Wildman–Crippen MR) is 73.6 cm³/mol. The Hall–Kier alpha value is -2.35. The Morgan fingerprint density at radius 3 is 2.70 bits per heavy atom. The van der Waals surface area contributed by atoms with Gasteiger partial charge in [-0.3, -0.25) is 9.69 Å². The van der Waals surface area contributed by atoms with E-state index in [-0.39, 0.29) is 12.5 Å². The minimum absolute atomic E-state index is 0.133. The highest BCUT2D eigenvalue weighted by Crippen LogP contribution is 2.24. The molecular formula is C15H17N3O2. The number of hydrogen-bond donors (Lipinski definition) is 1. The van der Waals surface area contributed by atoms with Gasteiger partial charge in [-0.05, 0) is 25.0 Å². The maximum Gasteiger partial charge on any atom is 0.325 e. The number of hydrogen-bond acceptors (Lipinski definition) is 3. The lowest BCUT2D eigenvalue weighted by Crippen LogP contribution is -2.43. The van der Waals surface area contributed by atoms with Crippen LogP contribution in [0.5, 0.6) is 0 Å². The predicted octanol–water partition coefficient (Wildman–Crippen LogP) is 2.17. The molecule has 0 bridgehead atoms. The number of nitriles is 1. The minimum atomic E-state index is -0.826. The van der Waals surface area contributed by atoms with Gasteiger partial charge < -0.3 is 5.32 Å². The lowest BCUT2D eigenvalue weighted by Gasteiger charge is -2.20. The lowest BCUT2D eigenvalue weighted by molar-refractivity contribution is -0.131. The van der Waals surface area contributed by atoms with Crippen LogP contribution < -0.4 is 5.32 Å². The molecular weight excluding hydrogens is 254 g/mol. The van der Waals surface area contributed by atoms with E-state index < -0.39 is 11.6 Å². The van der Waals surface area contributed by atoms with Gasteiger partial charge in [-0.25, -0.2) is 4.79 Å². The molecule has 0 aliphatic carbocycles. The van der Waals surface area contributed by atoms with Crippen LogP contribution in [0.1, 0.15) is 37.8 Å². The van der Waals surface area contributed by atoms with Crippen molar-refractivity contribution in [3.8, 4) is 6.07 Å². The number of nitrogens with zero attached hydrogens (tertiary/aromatic N) is 2. The van der Waals surface area contributed by atoms with Crippen molar-refractivity contribution in [1.82, 2.24) is 10.2 Å². The molecule has 1 aromatic rings. The molecule has 5 nitrogen and oxygen atoms in total. The fourth-order valence-electron chi connectivity index (χ4n) is 2.50. The van der Waals surface area contributed by atoms with Crippen LogP contribution >= 0.6 is 0 Å². The number of urea groups is 1. The van der Waals surface area contributed by atoms with Gasteiger partial charge in [0, 0.05) is 0 Å². The van der Waals surface area contributed by atoms with Gasteiger partial charge in [-0.15, -0.1) is 0 Å². The average molecular weight is 271 g/mol. The molecule has 0 spiro atoms. The number of imide groups is 1. The molecule has 20 heavy (non-hydrogen) atoms. The van der Waals surface area contributed by atoms with Crippen LogP contribution in [0, 0.1) is 11.3 Å². The summed E-state index contributed by atoms with van der Waals surface area (Å²) in [5.41, 5.74) is 0.337. The molecule has 3 amide bonds. The van der Waals surface area contributed by atoms with Gasteiger partial charge in [0.1, 0.15) is 5.54 Å². The molecule has 5 heteroatoms. The molecule has 0 unspecified atom stereocenters. The third-order valence-electron chi connectivity index (χ3n) is 3.56. The molecule has 0 saturated carbocycles. The van der Waals surface area contributed by atoms with Crippen LogP contribution in [0.2, 0.25) is 0 Å². The Bertz CT molecular complexity index is 591. The van der Waals surface area contributed by atoms with E-state index in [1.165, 1.54) is 4.90 Å². The minimum Gasteiger partial charge on any atom is -0.323 e. The Labute approximate surface area is 118 Å². The largest absolute Gasteiger partial charge is 0.325 e. The van der Waals surface area contributed by atoms with E-state index in [0.717, 1.165) is 6.42 Å². The summed E-state index contributed by atoms with van der Waals surface area (Å²) in [6.07, 6.45) is 1.42. The summed E-state index contributed by atoms with van der Waals surface area (Å²) < 4.78 is 0. The molecule has 1 N–H and O–H groups in total. The van der Waals surface area contributed by atoms with Crippen LogP contribution in [0.25, 0.3) is 0 Å². The highest BCUT2D eigenvalue weighted by atomic mass is 16.2. The fourth-order valence-corrected chi connectivity index (χ4v) is 2.50. The molecule has 104 valence electrons. The second-order valence-corrected chi connectivity index (χ2v) is 5.17. The molecule has 1 saturated heterocycles. The second kappa shape index (κ2) is 5.33. The molecule has 1 heterocycles. The van der Waals surface area contributed by atoms with Gasteiger partial charge in [0.15, 0.2) is 0 Å². The number of carbonyl (C=O) groups is 2. The highest BCUT2D eigenvalue weighted by Gasteiger charge is 2.46. The van der Waals surface area contributed by atoms with Crippen LogP contribution in [0.15, 0.2) is 24.3 Å². The summed E-state index contributed by atoms with van der Waals surface area (Å²) in [6.45, 7) is 3.85. The molecule has 1 atom stereocenters. The quantitative estimate of drug-likeness (QED) is 0.853. The Kier molecular flexibility index (Phi) is 3.75. The normalized spacial score (nSPS) is 21.8. The van der Waals surface area contributed by atoms with Crippen LogP contribution in [0.3, 0.4) is 0 Å². The van der Waals surface area contributed by atoms with Gasteiger partial charge in [-0.1, -0.05) is 31.5 Å². The first-order chi connectivity index (χ1) is 9.51. The van der Waals surface area contributed by atoms with Crippen molar-refractivity contribution in [2.45, 2.75) is 38.8 Å². The Morgan fingerprint density at radius 1 is 1.35 bits per heavy atom. The zero-order valence-electron chi connectivity index (χ0n) is 11.6. The molecule has 2 rings (SSSR count). The van der Waals surface area contributed by atoms with Crippen molar-refractivity contribution in [3.63, 3.8) is 0 Å². The topological polar surface area (TPSA) is 73.2 Å². The van der Waals surface area contributed by atoms with Crippen molar-refractivity contribution in [3.05, 3.63) is 35.4 Å². The van der Waals surface area contributed by atoms with E-state index in [9.17, 15) is 9.59 Å². The molecule has 1 aliphatic rings. The van der Waals surface area contributed by atoms with Crippen molar-refractivity contribution >= 4 is 11.9 Å². The van der Waals surface area contributed by atoms with Crippen LogP contribution in [-0.2, 0) is 11.3 Å². The third-order valence-corrected chi connectivity index (χ3v) is 3.56. The average Bonchev–Trinajstić information content (AvgIpc) is 2.63. The number of carbonyl (C=O) groups excluding carboxylic acids is 2. The van der Waals surface area contributed by atoms with Gasteiger partial charge in [0.2, 0.25) is 0 Å². The summed E-state index contributed by atoms with van der Waals surface area (Å²) in [4.78, 5) is 25.6. The summed E-state index contributed by atoms with van der Waals surface area (Å²) in [5.74, 6) is -0.225. The SMILES string of the molecule is CCC[C@]1(C)NC(=O)N(Cc2ccccc2C#N)C1=O. The second-order valence-electron chi connectivity index (χ2n) is 5.17. The summed E-state index contributed by atoms with van der Waals surface area (Å²) in [6, 6.07) is 8.67. The summed E-state index contributed by atoms with van der Waals surface area (Å²) in [5, 5.41) is 11.8. The van der Waals surface area contributed by atoms with E-state index >= 15 is 0 Å². The first kappa shape index (κ1) is 14.1. The lowest BCUT2D eigenvalue weighted by atomic mass is 9.96. The molecule has 1 aromatic carbocycles. The van der Waals surface area contributed by atoms with Crippen LogP contribution in [-0.4, -0.2) is 22.4 Å². The number of benzene rings is 1.